The molecular formula is C11H15N3O2S. The number of nitrogens with two attached hydrogens (primary N) is 1. The number of amides is 3. The van der Waals surface area contributed by atoms with Crippen LogP contribution in [0, 0.1) is 0 Å². The van der Waals surface area contributed by atoms with E-state index in [1.807, 2.05) is 18.2 Å². The lowest BCUT2D eigenvalue weighted by atomic mass is 10.3. The molecule has 1 aromatic rings. The number of benzene rings is 1. The second-order valence-corrected chi connectivity index (χ2v) is 4.25. The highest BCUT2D eigenvalue weighted by Crippen LogP contribution is 2.23. The van der Waals surface area contributed by atoms with Gasteiger partial charge in [-0.3, -0.25) is 10.1 Å². The lowest BCUT2D eigenvalue weighted by Crippen LogP contribution is -2.40. The van der Waals surface area contributed by atoms with Gasteiger partial charge in [-0.2, -0.15) is 0 Å². The zero-order chi connectivity index (χ0) is 12.7. The van der Waals surface area contributed by atoms with Crippen molar-refractivity contribution in [2.75, 3.05) is 18.0 Å². The Balaban J connectivity index is 2.38. The molecule has 5 nitrogen and oxygen atoms in total. The van der Waals surface area contributed by atoms with Crippen molar-refractivity contribution in [3.05, 3.63) is 24.3 Å². The highest BCUT2D eigenvalue weighted by atomic mass is 32.2. The number of thioether (sulfide) groups is 1. The summed E-state index contributed by atoms with van der Waals surface area (Å²) in [5.74, 6) is -0.185. The van der Waals surface area contributed by atoms with Crippen LogP contribution in [0.2, 0.25) is 0 Å². The van der Waals surface area contributed by atoms with Crippen LogP contribution in [0.1, 0.15) is 6.92 Å². The van der Waals surface area contributed by atoms with E-state index in [4.69, 9.17) is 5.73 Å². The number of hydrogen-bond donors (Lipinski definition) is 3. The normalized spacial score (nSPS) is 9.71. The number of carbonyl (C=O) groups excluding carboxylic acids is 2. The summed E-state index contributed by atoms with van der Waals surface area (Å²) in [6.07, 6.45) is 0. The largest absolute Gasteiger partial charge is 0.398 e. The van der Waals surface area contributed by atoms with E-state index < -0.39 is 6.03 Å². The number of nitrogens with one attached hydrogen (secondary N) is 2. The predicted molar refractivity (Wildman–Crippen MR) is 68.8 cm³/mol. The van der Waals surface area contributed by atoms with Gasteiger partial charge < -0.3 is 11.1 Å². The SMILES string of the molecule is CCNC(=O)NC(=O)CSc1ccccc1N. The maximum atomic E-state index is 11.4. The molecule has 0 aromatic heterocycles. The van der Waals surface area contributed by atoms with E-state index in [0.29, 0.717) is 12.2 Å². The molecule has 1 rings (SSSR count). The van der Waals surface area contributed by atoms with Gasteiger partial charge >= 0.3 is 6.03 Å². The van der Waals surface area contributed by atoms with Gasteiger partial charge in [-0.15, -0.1) is 11.8 Å². The lowest BCUT2D eigenvalue weighted by molar-refractivity contribution is -0.117. The Morgan fingerprint density at radius 1 is 1.35 bits per heavy atom. The minimum atomic E-state index is -0.473. The van der Waals surface area contributed by atoms with Gasteiger partial charge in [0.25, 0.3) is 0 Å². The molecular weight excluding hydrogens is 238 g/mol. The molecule has 0 heterocycles. The van der Waals surface area contributed by atoms with Crippen molar-refractivity contribution in [2.45, 2.75) is 11.8 Å². The summed E-state index contributed by atoms with van der Waals surface area (Å²) in [6, 6.07) is 6.80. The van der Waals surface area contributed by atoms with E-state index in [9.17, 15) is 9.59 Å². The molecule has 3 amide bonds. The number of carbonyl (C=O) groups is 2. The fraction of sp³-hybridized carbons (Fsp3) is 0.273. The maximum Gasteiger partial charge on any atom is 0.321 e. The molecule has 1 aromatic carbocycles. The third-order valence-corrected chi connectivity index (χ3v) is 2.96. The molecule has 0 aliphatic carbocycles. The van der Waals surface area contributed by atoms with Crippen molar-refractivity contribution in [3.63, 3.8) is 0 Å². The van der Waals surface area contributed by atoms with Crippen LogP contribution in [0.3, 0.4) is 0 Å². The summed E-state index contributed by atoms with van der Waals surface area (Å²) in [4.78, 5) is 23.3. The Morgan fingerprint density at radius 3 is 2.71 bits per heavy atom. The molecule has 0 unspecified atom stereocenters. The van der Waals surface area contributed by atoms with Crippen molar-refractivity contribution in [2.24, 2.45) is 0 Å². The molecule has 0 aliphatic heterocycles. The molecule has 0 saturated heterocycles. The van der Waals surface area contributed by atoms with Crippen LogP contribution in [0.4, 0.5) is 10.5 Å². The number of imide groups is 1. The van der Waals surface area contributed by atoms with E-state index in [1.165, 1.54) is 11.8 Å². The molecule has 92 valence electrons. The summed E-state index contributed by atoms with van der Waals surface area (Å²) in [5, 5.41) is 4.70. The highest BCUT2D eigenvalue weighted by molar-refractivity contribution is 8.00. The van der Waals surface area contributed by atoms with Crippen LogP contribution in [0.5, 0.6) is 0 Å². The minimum absolute atomic E-state index is 0.158. The van der Waals surface area contributed by atoms with Crippen molar-refractivity contribution < 1.29 is 9.59 Å². The van der Waals surface area contributed by atoms with Crippen LogP contribution < -0.4 is 16.4 Å². The summed E-state index contributed by atoms with van der Waals surface area (Å²) >= 11 is 1.30. The smallest absolute Gasteiger partial charge is 0.321 e. The van der Waals surface area contributed by atoms with Gasteiger partial charge in [-0.05, 0) is 19.1 Å². The van der Waals surface area contributed by atoms with E-state index in [-0.39, 0.29) is 11.7 Å². The zero-order valence-corrected chi connectivity index (χ0v) is 10.3. The third-order valence-electron chi connectivity index (χ3n) is 1.87. The maximum absolute atomic E-state index is 11.4. The van der Waals surface area contributed by atoms with Crippen molar-refractivity contribution in [1.29, 1.82) is 0 Å². The molecule has 0 spiro atoms. The number of para-hydroxylation sites is 1. The van der Waals surface area contributed by atoms with Crippen LogP contribution in [-0.4, -0.2) is 24.2 Å². The quantitative estimate of drug-likeness (QED) is 0.556. The van der Waals surface area contributed by atoms with Crippen LogP contribution in [0.15, 0.2) is 29.2 Å². The van der Waals surface area contributed by atoms with E-state index in [0.717, 1.165) is 4.90 Å². The molecule has 0 saturated carbocycles. The first-order valence-electron chi connectivity index (χ1n) is 5.18. The van der Waals surface area contributed by atoms with Crippen molar-refractivity contribution in [3.8, 4) is 0 Å². The third kappa shape index (κ3) is 4.78. The van der Waals surface area contributed by atoms with Gasteiger partial charge in [0.2, 0.25) is 5.91 Å². The summed E-state index contributed by atoms with van der Waals surface area (Å²) in [5.41, 5.74) is 6.35. The Labute approximate surface area is 104 Å². The highest BCUT2D eigenvalue weighted by Gasteiger charge is 2.07. The topological polar surface area (TPSA) is 84.2 Å². The lowest BCUT2D eigenvalue weighted by Gasteiger charge is -2.06. The predicted octanol–water partition coefficient (Wildman–Crippen LogP) is 1.21. The van der Waals surface area contributed by atoms with Crippen molar-refractivity contribution >= 4 is 29.4 Å². The summed E-state index contributed by atoms with van der Waals surface area (Å²) in [7, 11) is 0. The molecule has 17 heavy (non-hydrogen) atoms. The molecule has 0 fully saturated rings. The molecule has 6 heteroatoms. The second-order valence-electron chi connectivity index (χ2n) is 3.23. The van der Waals surface area contributed by atoms with Gasteiger partial charge in [-0.25, -0.2) is 4.79 Å². The molecule has 0 bridgehead atoms. The summed E-state index contributed by atoms with van der Waals surface area (Å²) in [6.45, 7) is 2.27. The number of urea groups is 1. The van der Waals surface area contributed by atoms with E-state index in [2.05, 4.69) is 10.6 Å². The number of hydrogen-bond acceptors (Lipinski definition) is 4. The van der Waals surface area contributed by atoms with Crippen LogP contribution >= 0.6 is 11.8 Å². The van der Waals surface area contributed by atoms with Crippen LogP contribution in [-0.2, 0) is 4.79 Å². The van der Waals surface area contributed by atoms with Gasteiger partial charge in [0.1, 0.15) is 0 Å². The Bertz CT molecular complexity index is 409. The first-order valence-corrected chi connectivity index (χ1v) is 6.17. The number of anilines is 1. The second kappa shape index (κ2) is 6.80. The van der Waals surface area contributed by atoms with Gasteiger partial charge in [0.15, 0.2) is 0 Å². The standard InChI is InChI=1S/C11H15N3O2S/c1-2-13-11(16)14-10(15)7-17-9-6-4-3-5-8(9)12/h3-6H,2,7,12H2,1H3,(H2,13,14,15,16). The molecule has 0 aliphatic rings. The molecule has 4 N–H and O–H groups in total. The zero-order valence-electron chi connectivity index (χ0n) is 9.53. The molecule has 0 radical (unpaired) electrons. The Kier molecular flexibility index (Phi) is 5.35. The fourth-order valence-corrected chi connectivity index (χ4v) is 1.89. The van der Waals surface area contributed by atoms with E-state index in [1.54, 1.807) is 13.0 Å². The number of rotatable bonds is 4. The molecule has 0 atom stereocenters. The Hall–Kier alpha value is -1.69. The van der Waals surface area contributed by atoms with E-state index >= 15 is 0 Å². The van der Waals surface area contributed by atoms with Crippen molar-refractivity contribution in [1.82, 2.24) is 10.6 Å². The van der Waals surface area contributed by atoms with Gasteiger partial charge in [0.05, 0.1) is 5.75 Å². The minimum Gasteiger partial charge on any atom is -0.398 e. The fourth-order valence-electron chi connectivity index (χ4n) is 1.12. The summed E-state index contributed by atoms with van der Waals surface area (Å²) < 4.78 is 0. The monoisotopic (exact) mass is 253 g/mol. The van der Waals surface area contributed by atoms with Gasteiger partial charge in [0, 0.05) is 17.1 Å². The average molecular weight is 253 g/mol. The Morgan fingerprint density at radius 2 is 2.06 bits per heavy atom. The van der Waals surface area contributed by atoms with Crippen LogP contribution in [0.25, 0.3) is 0 Å². The number of nitrogen functional groups attached to an aromatic ring is 1. The van der Waals surface area contributed by atoms with Gasteiger partial charge in [-0.1, -0.05) is 12.1 Å². The first kappa shape index (κ1) is 13.4. The first-order chi connectivity index (χ1) is 8.13. The average Bonchev–Trinajstić information content (AvgIpc) is 2.28.